The van der Waals surface area contributed by atoms with Crippen LogP contribution in [0.1, 0.15) is 94.3 Å². The largest absolute Gasteiger partial charge is 0.481 e. The van der Waals surface area contributed by atoms with Crippen molar-refractivity contribution in [2.24, 2.45) is 17.3 Å². The lowest BCUT2D eigenvalue weighted by Gasteiger charge is -2.31. The first-order chi connectivity index (χ1) is 16.1. The van der Waals surface area contributed by atoms with E-state index >= 15 is 0 Å². The van der Waals surface area contributed by atoms with E-state index < -0.39 is 11.4 Å². The van der Waals surface area contributed by atoms with E-state index in [4.69, 9.17) is 4.98 Å². The number of carboxylic acids is 1. The second-order valence-electron chi connectivity index (χ2n) is 10.3. The molecule has 0 amide bonds. The van der Waals surface area contributed by atoms with Gasteiger partial charge < -0.3 is 9.67 Å². The molecule has 1 N–H and O–H groups in total. The van der Waals surface area contributed by atoms with Crippen molar-refractivity contribution in [3.63, 3.8) is 0 Å². The van der Waals surface area contributed by atoms with Crippen LogP contribution in [0, 0.1) is 17.3 Å². The predicted molar refractivity (Wildman–Crippen MR) is 140 cm³/mol. The Morgan fingerprint density at radius 2 is 1.85 bits per heavy atom. The van der Waals surface area contributed by atoms with Crippen LogP contribution in [0.2, 0.25) is 0 Å². The van der Waals surface area contributed by atoms with Crippen LogP contribution in [0.3, 0.4) is 0 Å². The molecule has 2 aromatic heterocycles. The number of fused-ring (bicyclic) bond motifs is 1. The van der Waals surface area contributed by atoms with E-state index in [2.05, 4.69) is 49.8 Å². The summed E-state index contributed by atoms with van der Waals surface area (Å²) in [6, 6.07) is 10.4. The highest BCUT2D eigenvalue weighted by molar-refractivity contribution is 7.09. The number of carbonyl (C=O) groups is 2. The van der Waals surface area contributed by atoms with Crippen LogP contribution in [0.4, 0.5) is 0 Å². The lowest BCUT2D eigenvalue weighted by molar-refractivity contribution is -0.150. The maximum absolute atomic E-state index is 13.3. The SMILES string of the molecule is CCC(CC)n1c(Cc2cccs2)nc2cc(C(=O)CC(CC(C)C)C(C)(C)C(=O)O)ccc21. The van der Waals surface area contributed by atoms with Crippen LogP contribution >= 0.6 is 11.3 Å². The Labute approximate surface area is 207 Å². The minimum Gasteiger partial charge on any atom is -0.481 e. The maximum Gasteiger partial charge on any atom is 0.309 e. The van der Waals surface area contributed by atoms with Crippen LogP contribution in [0.25, 0.3) is 11.0 Å². The molecule has 0 saturated heterocycles. The number of thiophene rings is 1. The van der Waals surface area contributed by atoms with Gasteiger partial charge in [0.15, 0.2) is 5.78 Å². The lowest BCUT2D eigenvalue weighted by atomic mass is 9.72. The van der Waals surface area contributed by atoms with Gasteiger partial charge in [0.2, 0.25) is 0 Å². The van der Waals surface area contributed by atoms with Gasteiger partial charge in [0, 0.05) is 29.3 Å². The first-order valence-electron chi connectivity index (χ1n) is 12.4. The molecule has 0 spiro atoms. The van der Waals surface area contributed by atoms with E-state index in [0.717, 1.165) is 36.1 Å². The molecule has 5 nitrogen and oxygen atoms in total. The number of hydrogen-bond acceptors (Lipinski definition) is 4. The fraction of sp³-hybridized carbons (Fsp3) is 0.536. The minimum absolute atomic E-state index is 0.0150. The number of Topliss-reactive ketones (excluding diaryl/α,β-unsaturated/α-hetero) is 1. The number of aliphatic carboxylic acids is 1. The van der Waals surface area contributed by atoms with Gasteiger partial charge in [-0.1, -0.05) is 33.8 Å². The number of ketones is 1. The summed E-state index contributed by atoms with van der Waals surface area (Å²) in [5, 5.41) is 11.8. The molecule has 1 aromatic carbocycles. The molecular formula is C28H38N2O3S. The van der Waals surface area contributed by atoms with Crippen molar-refractivity contribution in [2.45, 2.75) is 79.7 Å². The molecule has 6 heteroatoms. The van der Waals surface area contributed by atoms with E-state index in [0.29, 0.717) is 23.9 Å². The molecule has 0 aliphatic carbocycles. The number of hydrogen-bond donors (Lipinski definition) is 1. The zero-order valence-electron chi connectivity index (χ0n) is 21.3. The van der Waals surface area contributed by atoms with Crippen LogP contribution < -0.4 is 0 Å². The number of imidazole rings is 1. The third-order valence-corrected chi connectivity index (χ3v) is 7.94. The average molecular weight is 483 g/mol. The summed E-state index contributed by atoms with van der Waals surface area (Å²) >= 11 is 1.73. The Hall–Kier alpha value is -2.47. The Morgan fingerprint density at radius 3 is 2.41 bits per heavy atom. The smallest absolute Gasteiger partial charge is 0.309 e. The van der Waals surface area contributed by atoms with Gasteiger partial charge in [-0.25, -0.2) is 4.98 Å². The van der Waals surface area contributed by atoms with Crippen molar-refractivity contribution >= 4 is 34.1 Å². The average Bonchev–Trinajstić information content (AvgIpc) is 3.41. The highest BCUT2D eigenvalue weighted by Gasteiger charge is 2.38. The summed E-state index contributed by atoms with van der Waals surface area (Å²) in [4.78, 5) is 31.5. The zero-order valence-corrected chi connectivity index (χ0v) is 22.1. The van der Waals surface area contributed by atoms with Crippen LogP contribution in [0.5, 0.6) is 0 Å². The summed E-state index contributed by atoms with van der Waals surface area (Å²) in [6.07, 6.45) is 3.72. The summed E-state index contributed by atoms with van der Waals surface area (Å²) in [5.74, 6) is 0.238. The fourth-order valence-corrected chi connectivity index (χ4v) is 5.50. The number of aromatic nitrogens is 2. The summed E-state index contributed by atoms with van der Waals surface area (Å²) < 4.78 is 2.35. The molecule has 0 saturated carbocycles. The third kappa shape index (κ3) is 5.60. The topological polar surface area (TPSA) is 72.2 Å². The van der Waals surface area contributed by atoms with Crippen molar-refractivity contribution in [1.82, 2.24) is 9.55 Å². The van der Waals surface area contributed by atoms with Gasteiger partial charge in [-0.3, -0.25) is 9.59 Å². The van der Waals surface area contributed by atoms with E-state index in [1.807, 2.05) is 18.2 Å². The van der Waals surface area contributed by atoms with Gasteiger partial charge in [0.1, 0.15) is 5.82 Å². The Kier molecular flexibility index (Phi) is 8.34. The second kappa shape index (κ2) is 10.9. The van der Waals surface area contributed by atoms with Crippen molar-refractivity contribution < 1.29 is 14.7 Å². The highest BCUT2D eigenvalue weighted by Crippen LogP contribution is 2.36. The van der Waals surface area contributed by atoms with Gasteiger partial charge in [0.25, 0.3) is 0 Å². The van der Waals surface area contributed by atoms with Crippen LogP contribution in [0.15, 0.2) is 35.7 Å². The minimum atomic E-state index is -0.963. The second-order valence-corrected chi connectivity index (χ2v) is 11.3. The molecule has 0 fully saturated rings. The Morgan fingerprint density at radius 1 is 1.15 bits per heavy atom. The molecule has 3 aromatic rings. The summed E-state index contributed by atoms with van der Waals surface area (Å²) in [5.41, 5.74) is 1.54. The quantitative estimate of drug-likeness (QED) is 0.273. The number of benzene rings is 1. The number of carboxylic acid groups (broad SMARTS) is 1. The van der Waals surface area contributed by atoms with Crippen LogP contribution in [-0.2, 0) is 11.2 Å². The molecule has 0 aliphatic heterocycles. The molecule has 0 bridgehead atoms. The van der Waals surface area contributed by atoms with E-state index in [1.165, 1.54) is 4.88 Å². The standard InChI is InChI=1S/C28H38N2O3S/c1-7-21(8-2)30-24-12-11-19(15-23(24)29-26(30)17-22-10-9-13-34-22)25(31)16-20(14-18(3)4)28(5,6)27(32)33/h9-13,15,18,20-21H,7-8,14,16-17H2,1-6H3,(H,32,33). The third-order valence-electron chi connectivity index (χ3n) is 7.06. The van der Waals surface area contributed by atoms with Crippen molar-refractivity contribution in [1.29, 1.82) is 0 Å². The first-order valence-corrected chi connectivity index (χ1v) is 13.3. The van der Waals surface area contributed by atoms with Gasteiger partial charge in [-0.15, -0.1) is 11.3 Å². The number of nitrogens with zero attached hydrogens (tertiary/aromatic N) is 2. The molecule has 2 heterocycles. The van der Waals surface area contributed by atoms with Gasteiger partial charge in [-0.2, -0.15) is 0 Å². The fourth-order valence-electron chi connectivity index (χ4n) is 4.80. The molecule has 1 atom stereocenters. The molecule has 34 heavy (non-hydrogen) atoms. The summed E-state index contributed by atoms with van der Waals surface area (Å²) in [7, 11) is 0. The van der Waals surface area contributed by atoms with Crippen LogP contribution in [-0.4, -0.2) is 26.4 Å². The lowest BCUT2D eigenvalue weighted by Crippen LogP contribution is -2.35. The molecule has 184 valence electrons. The van der Waals surface area contributed by atoms with Gasteiger partial charge in [-0.05, 0) is 74.6 Å². The highest BCUT2D eigenvalue weighted by atomic mass is 32.1. The van der Waals surface area contributed by atoms with Crippen molar-refractivity contribution in [3.8, 4) is 0 Å². The molecule has 1 unspecified atom stereocenters. The monoisotopic (exact) mass is 482 g/mol. The predicted octanol–water partition coefficient (Wildman–Crippen LogP) is 7.40. The van der Waals surface area contributed by atoms with Gasteiger partial charge >= 0.3 is 5.97 Å². The Balaban J connectivity index is 1.97. The molecular weight excluding hydrogens is 444 g/mol. The van der Waals surface area contributed by atoms with E-state index in [-0.39, 0.29) is 18.1 Å². The maximum atomic E-state index is 13.3. The molecule has 0 aliphatic rings. The van der Waals surface area contributed by atoms with Gasteiger partial charge in [0.05, 0.1) is 16.4 Å². The summed E-state index contributed by atoms with van der Waals surface area (Å²) in [6.45, 7) is 12.0. The normalized spacial score (nSPS) is 13.2. The van der Waals surface area contributed by atoms with E-state index in [9.17, 15) is 14.7 Å². The Bertz CT molecular complexity index is 1120. The van der Waals surface area contributed by atoms with Crippen molar-refractivity contribution in [2.75, 3.05) is 0 Å². The zero-order chi connectivity index (χ0) is 25.0. The number of carbonyl (C=O) groups excluding carboxylic acids is 1. The molecule has 0 radical (unpaired) electrons. The molecule has 3 rings (SSSR count). The number of rotatable bonds is 12. The van der Waals surface area contributed by atoms with Crippen molar-refractivity contribution in [3.05, 3.63) is 52.0 Å². The first kappa shape index (κ1) is 26.1. The van der Waals surface area contributed by atoms with E-state index in [1.54, 1.807) is 25.2 Å².